The fourth-order valence-corrected chi connectivity index (χ4v) is 1.11. The van der Waals surface area contributed by atoms with E-state index in [2.05, 4.69) is 19.2 Å². The molecular weight excluding hydrogens is 146 g/mol. The van der Waals surface area contributed by atoms with Gasteiger partial charge in [-0.3, -0.25) is 0 Å². The minimum absolute atomic E-state index is 0. The van der Waals surface area contributed by atoms with Crippen LogP contribution in [-0.2, 0) is 0 Å². The number of halogens is 1. The first kappa shape index (κ1) is 10.2. The Morgan fingerprint density at radius 3 is 2.10 bits per heavy atom. The van der Waals surface area contributed by atoms with E-state index < -0.39 is 0 Å². The molecule has 1 saturated carbocycles. The van der Waals surface area contributed by atoms with Crippen molar-refractivity contribution in [3.8, 4) is 0 Å². The largest absolute Gasteiger partial charge is 0.311 e. The summed E-state index contributed by atoms with van der Waals surface area (Å²) >= 11 is 0. The molecule has 0 bridgehead atoms. The van der Waals surface area contributed by atoms with Gasteiger partial charge in [0.05, 0.1) is 0 Å². The van der Waals surface area contributed by atoms with Crippen molar-refractivity contribution in [1.82, 2.24) is 5.32 Å². The molecule has 0 radical (unpaired) electrons. The minimum Gasteiger partial charge on any atom is -0.311 e. The lowest BCUT2D eigenvalue weighted by molar-refractivity contribution is 0.482. The van der Waals surface area contributed by atoms with Gasteiger partial charge >= 0.3 is 0 Å². The third-order valence-corrected chi connectivity index (χ3v) is 2.03. The highest BCUT2D eigenvalue weighted by Crippen LogP contribution is 2.20. The lowest BCUT2D eigenvalue weighted by Gasteiger charge is -2.12. The molecule has 0 aromatic heterocycles. The minimum atomic E-state index is 0. The maximum absolute atomic E-state index is 3.59. The van der Waals surface area contributed by atoms with Crippen LogP contribution in [-0.4, -0.2) is 12.1 Å². The Kier molecular flexibility index (Phi) is 5.10. The highest BCUT2D eigenvalue weighted by molar-refractivity contribution is 5.85. The Labute approximate surface area is 70.0 Å². The summed E-state index contributed by atoms with van der Waals surface area (Å²) in [7, 11) is 0. The molecule has 62 valence electrons. The molecule has 1 nitrogen and oxygen atoms in total. The summed E-state index contributed by atoms with van der Waals surface area (Å²) in [5.41, 5.74) is 0. The van der Waals surface area contributed by atoms with Crippen LogP contribution >= 0.6 is 12.4 Å². The summed E-state index contributed by atoms with van der Waals surface area (Å²) in [6.45, 7) is 4.51. The molecular formula is C8H18ClN. The van der Waals surface area contributed by atoms with Crippen molar-refractivity contribution < 1.29 is 0 Å². The highest BCUT2D eigenvalue weighted by atomic mass is 35.5. The Hall–Kier alpha value is 0.250. The summed E-state index contributed by atoms with van der Waals surface area (Å²) < 4.78 is 0. The van der Waals surface area contributed by atoms with Gasteiger partial charge < -0.3 is 5.32 Å². The molecule has 1 N–H and O–H groups in total. The summed E-state index contributed by atoms with van der Waals surface area (Å²) in [5, 5.41) is 3.59. The van der Waals surface area contributed by atoms with E-state index in [0.29, 0.717) is 0 Å². The van der Waals surface area contributed by atoms with Crippen molar-refractivity contribution in [1.29, 1.82) is 0 Å². The van der Waals surface area contributed by atoms with Crippen molar-refractivity contribution in [3.63, 3.8) is 0 Å². The second kappa shape index (κ2) is 4.97. The van der Waals surface area contributed by atoms with Crippen molar-refractivity contribution >= 4 is 12.4 Å². The number of nitrogens with one attached hydrogen (secondary N) is 1. The normalized spacial score (nSPS) is 17.1. The maximum Gasteiger partial charge on any atom is 0.00708 e. The van der Waals surface area contributed by atoms with Crippen LogP contribution in [0.3, 0.4) is 0 Å². The van der Waals surface area contributed by atoms with E-state index in [4.69, 9.17) is 0 Å². The van der Waals surface area contributed by atoms with Crippen molar-refractivity contribution in [2.24, 2.45) is 0 Å². The van der Waals surface area contributed by atoms with Gasteiger partial charge in [0.25, 0.3) is 0 Å². The SMILES string of the molecule is CCC(CC)NC1CC1.Cl. The molecule has 0 aromatic carbocycles. The van der Waals surface area contributed by atoms with Gasteiger partial charge in [-0.15, -0.1) is 12.4 Å². The Bertz CT molecular complexity index is 77.3. The molecule has 10 heavy (non-hydrogen) atoms. The van der Waals surface area contributed by atoms with Gasteiger partial charge in [0.2, 0.25) is 0 Å². The zero-order chi connectivity index (χ0) is 6.69. The molecule has 1 aliphatic carbocycles. The zero-order valence-corrected chi connectivity index (χ0v) is 7.71. The quantitative estimate of drug-likeness (QED) is 0.671. The third-order valence-electron chi connectivity index (χ3n) is 2.03. The van der Waals surface area contributed by atoms with E-state index in [1.165, 1.54) is 25.7 Å². The zero-order valence-electron chi connectivity index (χ0n) is 6.89. The van der Waals surface area contributed by atoms with E-state index in [1.807, 2.05) is 0 Å². The predicted molar refractivity (Wildman–Crippen MR) is 47.8 cm³/mol. The van der Waals surface area contributed by atoms with Gasteiger partial charge in [0.1, 0.15) is 0 Å². The van der Waals surface area contributed by atoms with E-state index in [-0.39, 0.29) is 12.4 Å². The van der Waals surface area contributed by atoms with Gasteiger partial charge in [-0.25, -0.2) is 0 Å². The van der Waals surface area contributed by atoms with Gasteiger partial charge in [-0.05, 0) is 25.7 Å². The number of hydrogen-bond donors (Lipinski definition) is 1. The van der Waals surface area contributed by atoms with Crippen LogP contribution in [0.4, 0.5) is 0 Å². The maximum atomic E-state index is 3.59. The summed E-state index contributed by atoms with van der Waals surface area (Å²) in [6.07, 6.45) is 5.40. The molecule has 1 rings (SSSR count). The summed E-state index contributed by atoms with van der Waals surface area (Å²) in [6, 6.07) is 1.67. The molecule has 2 heteroatoms. The van der Waals surface area contributed by atoms with Crippen LogP contribution < -0.4 is 5.32 Å². The average Bonchev–Trinajstić information content (AvgIpc) is 2.66. The molecule has 0 saturated heterocycles. The van der Waals surface area contributed by atoms with Crippen LogP contribution in [0.2, 0.25) is 0 Å². The Morgan fingerprint density at radius 2 is 1.80 bits per heavy atom. The summed E-state index contributed by atoms with van der Waals surface area (Å²) in [5.74, 6) is 0. The van der Waals surface area contributed by atoms with Crippen LogP contribution in [0.25, 0.3) is 0 Å². The van der Waals surface area contributed by atoms with Gasteiger partial charge in [-0.1, -0.05) is 13.8 Å². The molecule has 1 aliphatic rings. The Balaban J connectivity index is 0.000000810. The molecule has 0 heterocycles. The highest BCUT2D eigenvalue weighted by Gasteiger charge is 2.22. The van der Waals surface area contributed by atoms with E-state index in [9.17, 15) is 0 Å². The van der Waals surface area contributed by atoms with Crippen LogP contribution in [0.5, 0.6) is 0 Å². The Morgan fingerprint density at radius 1 is 1.30 bits per heavy atom. The monoisotopic (exact) mass is 163 g/mol. The van der Waals surface area contributed by atoms with Crippen molar-refractivity contribution in [2.75, 3.05) is 0 Å². The van der Waals surface area contributed by atoms with Gasteiger partial charge in [-0.2, -0.15) is 0 Å². The van der Waals surface area contributed by atoms with Crippen LogP contribution in [0.15, 0.2) is 0 Å². The second-order valence-electron chi connectivity index (χ2n) is 2.95. The molecule has 0 amide bonds. The first-order valence-corrected chi connectivity index (χ1v) is 4.12. The topological polar surface area (TPSA) is 12.0 Å². The molecule has 0 aliphatic heterocycles. The van der Waals surface area contributed by atoms with E-state index in [1.54, 1.807) is 0 Å². The lowest BCUT2D eigenvalue weighted by atomic mass is 10.2. The predicted octanol–water partition coefficient (Wildman–Crippen LogP) is 2.35. The first-order chi connectivity index (χ1) is 4.36. The average molecular weight is 164 g/mol. The van der Waals surface area contributed by atoms with Gasteiger partial charge in [0.15, 0.2) is 0 Å². The lowest BCUT2D eigenvalue weighted by Crippen LogP contribution is -2.29. The van der Waals surface area contributed by atoms with Crippen molar-refractivity contribution in [3.05, 3.63) is 0 Å². The standard InChI is InChI=1S/C8H17N.ClH/c1-3-7(4-2)9-8-5-6-8;/h7-9H,3-6H2,1-2H3;1H. The number of rotatable bonds is 4. The van der Waals surface area contributed by atoms with Gasteiger partial charge in [0, 0.05) is 12.1 Å². The fraction of sp³-hybridized carbons (Fsp3) is 1.00. The smallest absolute Gasteiger partial charge is 0.00708 e. The summed E-state index contributed by atoms with van der Waals surface area (Å²) in [4.78, 5) is 0. The van der Waals surface area contributed by atoms with Crippen molar-refractivity contribution in [2.45, 2.75) is 51.6 Å². The van der Waals surface area contributed by atoms with Crippen LogP contribution in [0.1, 0.15) is 39.5 Å². The molecule has 0 unspecified atom stereocenters. The van der Waals surface area contributed by atoms with E-state index >= 15 is 0 Å². The molecule has 0 aromatic rings. The molecule has 0 spiro atoms. The van der Waals surface area contributed by atoms with E-state index in [0.717, 1.165) is 12.1 Å². The molecule has 0 atom stereocenters. The first-order valence-electron chi connectivity index (χ1n) is 4.12. The molecule has 1 fully saturated rings. The third kappa shape index (κ3) is 3.43. The fourth-order valence-electron chi connectivity index (χ4n) is 1.11. The second-order valence-corrected chi connectivity index (χ2v) is 2.95. The van der Waals surface area contributed by atoms with Crippen LogP contribution in [0, 0.1) is 0 Å². The number of hydrogen-bond acceptors (Lipinski definition) is 1.